The summed E-state index contributed by atoms with van der Waals surface area (Å²) in [5.41, 5.74) is 0.725. The minimum absolute atomic E-state index is 0.0497. The van der Waals surface area contributed by atoms with Crippen LogP contribution in [0.3, 0.4) is 0 Å². The Morgan fingerprint density at radius 3 is 2.65 bits per heavy atom. The van der Waals surface area contributed by atoms with E-state index in [-0.39, 0.29) is 17.7 Å². The molecule has 1 saturated heterocycles. The molecular weight excluding hydrogens is 272 g/mol. The highest BCUT2D eigenvalue weighted by molar-refractivity contribution is 7.98. The van der Waals surface area contributed by atoms with Crippen LogP contribution >= 0.6 is 11.8 Å². The first-order valence-electron chi connectivity index (χ1n) is 6.78. The van der Waals surface area contributed by atoms with Gasteiger partial charge in [-0.2, -0.15) is 0 Å². The number of carbonyl (C=O) groups excluding carboxylic acids is 2. The number of nitrogens with zero attached hydrogens (tertiary/aromatic N) is 1. The molecule has 0 spiro atoms. The minimum atomic E-state index is 0.0497. The molecule has 1 atom stereocenters. The highest BCUT2D eigenvalue weighted by atomic mass is 32.2. The molecular formula is C15H20N2O2S. The van der Waals surface area contributed by atoms with E-state index in [9.17, 15) is 9.59 Å². The molecule has 0 saturated carbocycles. The van der Waals surface area contributed by atoms with Gasteiger partial charge in [0.2, 0.25) is 5.91 Å². The zero-order valence-electron chi connectivity index (χ0n) is 11.9. The van der Waals surface area contributed by atoms with E-state index in [4.69, 9.17) is 0 Å². The van der Waals surface area contributed by atoms with Crippen LogP contribution in [0.15, 0.2) is 29.2 Å². The third kappa shape index (κ3) is 3.54. The molecule has 1 aliphatic heterocycles. The number of nitrogens with one attached hydrogen (secondary N) is 1. The van der Waals surface area contributed by atoms with Crippen LogP contribution in [0.4, 0.5) is 0 Å². The van der Waals surface area contributed by atoms with Gasteiger partial charge in [-0.3, -0.25) is 9.59 Å². The summed E-state index contributed by atoms with van der Waals surface area (Å²) < 4.78 is 0. The molecule has 1 aromatic carbocycles. The summed E-state index contributed by atoms with van der Waals surface area (Å²) >= 11 is 1.66. The first-order chi connectivity index (χ1) is 9.63. The van der Waals surface area contributed by atoms with Crippen LogP contribution in [-0.4, -0.2) is 43.1 Å². The molecule has 0 aliphatic carbocycles. The molecule has 1 fully saturated rings. The van der Waals surface area contributed by atoms with Gasteiger partial charge >= 0.3 is 0 Å². The Bertz CT molecular complexity index is 487. The van der Waals surface area contributed by atoms with Gasteiger partial charge in [-0.15, -0.1) is 11.8 Å². The third-order valence-electron chi connectivity index (χ3n) is 3.66. The lowest BCUT2D eigenvalue weighted by Gasteiger charge is -2.16. The zero-order valence-corrected chi connectivity index (χ0v) is 12.7. The highest BCUT2D eigenvalue weighted by Gasteiger charge is 2.28. The summed E-state index contributed by atoms with van der Waals surface area (Å²) in [5.74, 6) is 0.398. The fourth-order valence-electron chi connectivity index (χ4n) is 2.46. The average molecular weight is 292 g/mol. The van der Waals surface area contributed by atoms with Crippen LogP contribution in [0, 0.1) is 5.92 Å². The monoisotopic (exact) mass is 292 g/mol. The van der Waals surface area contributed by atoms with Crippen LogP contribution in [-0.2, 0) is 4.79 Å². The Labute approximate surface area is 123 Å². The summed E-state index contributed by atoms with van der Waals surface area (Å²) in [5, 5.41) is 2.64. The Morgan fingerprint density at radius 2 is 2.05 bits per heavy atom. The molecule has 1 unspecified atom stereocenters. The number of carbonyl (C=O) groups is 2. The van der Waals surface area contributed by atoms with E-state index in [1.807, 2.05) is 35.4 Å². The van der Waals surface area contributed by atoms with Gasteiger partial charge < -0.3 is 10.2 Å². The Hall–Kier alpha value is -1.49. The van der Waals surface area contributed by atoms with Crippen LogP contribution in [0.5, 0.6) is 0 Å². The minimum Gasteiger partial charge on any atom is -0.359 e. The van der Waals surface area contributed by atoms with Gasteiger partial charge in [0, 0.05) is 37.0 Å². The lowest BCUT2D eigenvalue weighted by Crippen LogP contribution is -2.29. The predicted octanol–water partition coefficient (Wildman–Crippen LogP) is 2.01. The van der Waals surface area contributed by atoms with E-state index < -0.39 is 0 Å². The Kier molecular flexibility index (Phi) is 5.06. The second kappa shape index (κ2) is 6.79. The van der Waals surface area contributed by atoms with Crippen molar-refractivity contribution in [3.05, 3.63) is 29.8 Å². The molecule has 1 aliphatic rings. The van der Waals surface area contributed by atoms with Crippen molar-refractivity contribution in [3.63, 3.8) is 0 Å². The van der Waals surface area contributed by atoms with E-state index in [0.717, 1.165) is 23.4 Å². The van der Waals surface area contributed by atoms with E-state index in [0.29, 0.717) is 13.0 Å². The van der Waals surface area contributed by atoms with Crippen molar-refractivity contribution in [2.24, 2.45) is 5.92 Å². The van der Waals surface area contributed by atoms with Crippen molar-refractivity contribution in [2.45, 2.75) is 17.7 Å². The number of amides is 2. The molecule has 1 heterocycles. The quantitative estimate of drug-likeness (QED) is 0.864. The van der Waals surface area contributed by atoms with Gasteiger partial charge in [-0.1, -0.05) is 0 Å². The van der Waals surface area contributed by atoms with E-state index in [1.54, 1.807) is 18.8 Å². The van der Waals surface area contributed by atoms with Gasteiger partial charge in [0.25, 0.3) is 5.91 Å². The van der Waals surface area contributed by atoms with Crippen LogP contribution < -0.4 is 5.32 Å². The molecule has 20 heavy (non-hydrogen) atoms. The summed E-state index contributed by atoms with van der Waals surface area (Å²) in [6.07, 6.45) is 3.43. The van der Waals surface area contributed by atoms with Crippen molar-refractivity contribution in [1.82, 2.24) is 10.2 Å². The van der Waals surface area contributed by atoms with Gasteiger partial charge in [0.05, 0.1) is 0 Å². The van der Waals surface area contributed by atoms with E-state index >= 15 is 0 Å². The number of benzene rings is 1. The summed E-state index contributed by atoms with van der Waals surface area (Å²) in [4.78, 5) is 26.7. The van der Waals surface area contributed by atoms with Crippen molar-refractivity contribution in [2.75, 3.05) is 26.4 Å². The maximum atomic E-state index is 12.4. The fourth-order valence-corrected chi connectivity index (χ4v) is 2.87. The fraction of sp³-hybridized carbons (Fsp3) is 0.467. The lowest BCUT2D eigenvalue weighted by atomic mass is 10.0. The third-order valence-corrected chi connectivity index (χ3v) is 4.41. The van der Waals surface area contributed by atoms with E-state index in [1.165, 1.54) is 0 Å². The van der Waals surface area contributed by atoms with Gasteiger partial charge in [0.15, 0.2) is 0 Å². The first-order valence-corrected chi connectivity index (χ1v) is 8.00. The standard InChI is InChI=1S/C15H20N2O2S/c1-16-14(18)9-11-7-8-17(10-11)15(19)12-3-5-13(20-2)6-4-12/h3-6,11H,7-10H2,1-2H3,(H,16,18). The lowest BCUT2D eigenvalue weighted by molar-refractivity contribution is -0.121. The SMILES string of the molecule is CNC(=O)CC1CCN(C(=O)c2ccc(SC)cc2)C1. The molecule has 5 heteroatoms. The molecule has 0 aromatic heterocycles. The van der Waals surface area contributed by atoms with E-state index in [2.05, 4.69) is 5.32 Å². The van der Waals surface area contributed by atoms with Crippen molar-refractivity contribution in [3.8, 4) is 0 Å². The van der Waals surface area contributed by atoms with Crippen molar-refractivity contribution in [1.29, 1.82) is 0 Å². The smallest absolute Gasteiger partial charge is 0.253 e. The number of thioether (sulfide) groups is 1. The molecule has 2 amide bonds. The van der Waals surface area contributed by atoms with Crippen LogP contribution in [0.1, 0.15) is 23.2 Å². The topological polar surface area (TPSA) is 49.4 Å². The second-order valence-electron chi connectivity index (χ2n) is 5.01. The predicted molar refractivity (Wildman–Crippen MR) is 80.9 cm³/mol. The number of rotatable bonds is 4. The summed E-state index contributed by atoms with van der Waals surface area (Å²) in [6.45, 7) is 1.42. The van der Waals surface area contributed by atoms with Crippen LogP contribution in [0.2, 0.25) is 0 Å². The molecule has 0 radical (unpaired) electrons. The summed E-state index contributed by atoms with van der Waals surface area (Å²) in [6, 6.07) is 7.69. The van der Waals surface area contributed by atoms with Crippen molar-refractivity contribution < 1.29 is 9.59 Å². The number of hydrogen-bond donors (Lipinski definition) is 1. The van der Waals surface area contributed by atoms with Gasteiger partial charge in [-0.25, -0.2) is 0 Å². The number of hydrogen-bond acceptors (Lipinski definition) is 3. The first kappa shape index (κ1) is 14.9. The van der Waals surface area contributed by atoms with Gasteiger partial charge in [-0.05, 0) is 42.9 Å². The molecule has 0 bridgehead atoms. The van der Waals surface area contributed by atoms with Crippen LogP contribution in [0.25, 0.3) is 0 Å². The Balaban J connectivity index is 1.95. The summed E-state index contributed by atoms with van der Waals surface area (Å²) in [7, 11) is 1.65. The maximum absolute atomic E-state index is 12.4. The normalized spacial score (nSPS) is 18.1. The van der Waals surface area contributed by atoms with Crippen molar-refractivity contribution >= 4 is 23.6 Å². The average Bonchev–Trinajstić information content (AvgIpc) is 2.95. The maximum Gasteiger partial charge on any atom is 0.253 e. The molecule has 108 valence electrons. The second-order valence-corrected chi connectivity index (χ2v) is 5.89. The molecule has 1 N–H and O–H groups in total. The van der Waals surface area contributed by atoms with Gasteiger partial charge in [0.1, 0.15) is 0 Å². The zero-order chi connectivity index (χ0) is 14.5. The Morgan fingerprint density at radius 1 is 1.35 bits per heavy atom. The molecule has 2 rings (SSSR count). The largest absolute Gasteiger partial charge is 0.359 e. The molecule has 4 nitrogen and oxygen atoms in total. The number of likely N-dealkylation sites (tertiary alicyclic amines) is 1. The molecule has 1 aromatic rings. The highest BCUT2D eigenvalue weighted by Crippen LogP contribution is 2.22.